The molecule has 0 aliphatic rings. The molecule has 1 heterocycles. The van der Waals surface area contributed by atoms with Crippen molar-refractivity contribution in [3.63, 3.8) is 0 Å². The molecule has 1 aromatic carbocycles. The second kappa shape index (κ2) is 5.83. The van der Waals surface area contributed by atoms with Crippen molar-refractivity contribution in [2.75, 3.05) is 0 Å². The van der Waals surface area contributed by atoms with E-state index in [0.717, 1.165) is 23.2 Å². The number of carbonyl (C=O) groups is 1. The molecule has 0 bridgehead atoms. The standard InChI is InChI=1S/C16H19NO2/c1-11(2)7-15-10-19-16(17-15)9-13-5-4-6-14(8-13)12(3)18/h4-6,8,10-11H,7,9H2,1-3H3. The van der Waals surface area contributed by atoms with Gasteiger partial charge in [-0.25, -0.2) is 4.98 Å². The molecule has 3 heteroatoms. The van der Waals surface area contributed by atoms with Gasteiger partial charge < -0.3 is 4.42 Å². The van der Waals surface area contributed by atoms with E-state index in [2.05, 4.69) is 18.8 Å². The molecule has 0 amide bonds. The normalized spacial score (nSPS) is 10.9. The van der Waals surface area contributed by atoms with E-state index in [0.29, 0.717) is 18.2 Å². The Hall–Kier alpha value is -1.90. The van der Waals surface area contributed by atoms with Gasteiger partial charge in [0.15, 0.2) is 11.7 Å². The maximum absolute atomic E-state index is 11.3. The zero-order valence-corrected chi connectivity index (χ0v) is 11.6. The summed E-state index contributed by atoms with van der Waals surface area (Å²) in [6, 6.07) is 7.60. The van der Waals surface area contributed by atoms with Crippen molar-refractivity contribution in [2.24, 2.45) is 5.92 Å². The summed E-state index contributed by atoms with van der Waals surface area (Å²) >= 11 is 0. The van der Waals surface area contributed by atoms with Gasteiger partial charge in [0.25, 0.3) is 0 Å². The molecule has 0 saturated heterocycles. The van der Waals surface area contributed by atoms with Gasteiger partial charge in [0.1, 0.15) is 6.26 Å². The zero-order chi connectivity index (χ0) is 13.8. The van der Waals surface area contributed by atoms with Crippen LogP contribution in [-0.4, -0.2) is 10.8 Å². The highest BCUT2D eigenvalue weighted by Crippen LogP contribution is 2.14. The molecule has 1 aromatic heterocycles. The number of nitrogens with zero attached hydrogens (tertiary/aromatic N) is 1. The van der Waals surface area contributed by atoms with E-state index in [1.807, 2.05) is 24.3 Å². The van der Waals surface area contributed by atoms with Gasteiger partial charge in [-0.2, -0.15) is 0 Å². The molecular formula is C16H19NO2. The van der Waals surface area contributed by atoms with Crippen molar-refractivity contribution in [3.8, 4) is 0 Å². The summed E-state index contributed by atoms with van der Waals surface area (Å²) in [5.74, 6) is 1.35. The van der Waals surface area contributed by atoms with Gasteiger partial charge in [-0.05, 0) is 30.9 Å². The average Bonchev–Trinajstić information content (AvgIpc) is 2.76. The van der Waals surface area contributed by atoms with Crippen molar-refractivity contribution in [1.29, 1.82) is 0 Å². The van der Waals surface area contributed by atoms with Crippen LogP contribution in [-0.2, 0) is 12.8 Å². The van der Waals surface area contributed by atoms with E-state index >= 15 is 0 Å². The van der Waals surface area contributed by atoms with Gasteiger partial charge in [0.05, 0.1) is 5.69 Å². The quantitative estimate of drug-likeness (QED) is 0.768. The lowest BCUT2D eigenvalue weighted by Crippen LogP contribution is -1.97. The number of carbonyl (C=O) groups excluding carboxylic acids is 1. The maximum atomic E-state index is 11.3. The monoisotopic (exact) mass is 257 g/mol. The summed E-state index contributed by atoms with van der Waals surface area (Å²) in [7, 11) is 0. The fraction of sp³-hybridized carbons (Fsp3) is 0.375. The van der Waals surface area contributed by atoms with Crippen molar-refractivity contribution in [2.45, 2.75) is 33.6 Å². The molecule has 0 radical (unpaired) electrons. The summed E-state index contributed by atoms with van der Waals surface area (Å²) in [5, 5.41) is 0. The van der Waals surface area contributed by atoms with E-state index in [4.69, 9.17) is 4.42 Å². The fourth-order valence-corrected chi connectivity index (χ4v) is 2.02. The molecule has 19 heavy (non-hydrogen) atoms. The van der Waals surface area contributed by atoms with Gasteiger partial charge in [-0.3, -0.25) is 4.79 Å². The summed E-state index contributed by atoms with van der Waals surface area (Å²) in [5.41, 5.74) is 2.77. The minimum Gasteiger partial charge on any atom is -0.448 e. The summed E-state index contributed by atoms with van der Waals surface area (Å²) in [6.07, 6.45) is 3.28. The predicted molar refractivity (Wildman–Crippen MR) is 74.3 cm³/mol. The molecule has 0 N–H and O–H groups in total. The highest BCUT2D eigenvalue weighted by Gasteiger charge is 2.08. The number of oxazole rings is 1. The second-order valence-corrected chi connectivity index (χ2v) is 5.26. The molecule has 2 rings (SSSR count). The van der Waals surface area contributed by atoms with Gasteiger partial charge in [0, 0.05) is 12.0 Å². The lowest BCUT2D eigenvalue weighted by atomic mass is 10.1. The van der Waals surface area contributed by atoms with Gasteiger partial charge in [-0.15, -0.1) is 0 Å². The Bertz CT molecular complexity index is 570. The lowest BCUT2D eigenvalue weighted by molar-refractivity contribution is 0.101. The summed E-state index contributed by atoms with van der Waals surface area (Å²) in [4.78, 5) is 15.8. The van der Waals surface area contributed by atoms with E-state index in [9.17, 15) is 4.79 Å². The van der Waals surface area contributed by atoms with Gasteiger partial charge in [-0.1, -0.05) is 32.0 Å². The van der Waals surface area contributed by atoms with Crippen LogP contribution in [0.2, 0.25) is 0 Å². The fourth-order valence-electron chi connectivity index (χ4n) is 2.02. The van der Waals surface area contributed by atoms with Crippen LogP contribution in [0.5, 0.6) is 0 Å². The molecule has 0 fully saturated rings. The van der Waals surface area contributed by atoms with Gasteiger partial charge >= 0.3 is 0 Å². The van der Waals surface area contributed by atoms with Crippen LogP contribution in [0.25, 0.3) is 0 Å². The molecule has 3 nitrogen and oxygen atoms in total. The molecule has 0 spiro atoms. The predicted octanol–water partition coefficient (Wildman–Crippen LogP) is 3.67. The van der Waals surface area contributed by atoms with Crippen LogP contribution in [0.3, 0.4) is 0 Å². The Kier molecular flexibility index (Phi) is 4.15. The third-order valence-electron chi connectivity index (χ3n) is 2.91. The van der Waals surface area contributed by atoms with Crippen LogP contribution in [0.1, 0.15) is 48.3 Å². The minimum atomic E-state index is 0.0785. The van der Waals surface area contributed by atoms with Crippen LogP contribution in [0.15, 0.2) is 34.9 Å². The first-order valence-corrected chi connectivity index (χ1v) is 6.57. The Morgan fingerprint density at radius 3 is 2.84 bits per heavy atom. The number of rotatable bonds is 5. The van der Waals surface area contributed by atoms with Crippen molar-refractivity contribution in [3.05, 3.63) is 53.2 Å². The van der Waals surface area contributed by atoms with Gasteiger partial charge in [0.2, 0.25) is 0 Å². The molecule has 100 valence electrons. The number of aromatic nitrogens is 1. The Morgan fingerprint density at radius 2 is 2.16 bits per heavy atom. The molecule has 0 saturated carbocycles. The zero-order valence-electron chi connectivity index (χ0n) is 11.6. The Morgan fingerprint density at radius 1 is 1.37 bits per heavy atom. The first-order chi connectivity index (χ1) is 9.04. The Labute approximate surface area is 113 Å². The Balaban J connectivity index is 2.10. The molecule has 2 aromatic rings. The summed E-state index contributed by atoms with van der Waals surface area (Å²) < 4.78 is 5.47. The number of ketones is 1. The SMILES string of the molecule is CC(=O)c1cccc(Cc2nc(CC(C)C)co2)c1. The molecule has 0 atom stereocenters. The minimum absolute atomic E-state index is 0.0785. The largest absolute Gasteiger partial charge is 0.448 e. The van der Waals surface area contributed by atoms with E-state index in [-0.39, 0.29) is 5.78 Å². The topological polar surface area (TPSA) is 43.1 Å². The van der Waals surface area contributed by atoms with Crippen LogP contribution in [0.4, 0.5) is 0 Å². The maximum Gasteiger partial charge on any atom is 0.198 e. The first kappa shape index (κ1) is 13.5. The highest BCUT2D eigenvalue weighted by molar-refractivity contribution is 5.94. The third kappa shape index (κ3) is 3.78. The third-order valence-corrected chi connectivity index (χ3v) is 2.91. The first-order valence-electron chi connectivity index (χ1n) is 6.57. The van der Waals surface area contributed by atoms with E-state index in [1.165, 1.54) is 0 Å². The molecule has 0 aliphatic heterocycles. The summed E-state index contributed by atoms with van der Waals surface area (Å²) in [6.45, 7) is 5.89. The van der Waals surface area contributed by atoms with Crippen LogP contribution < -0.4 is 0 Å². The molecular weight excluding hydrogens is 238 g/mol. The van der Waals surface area contributed by atoms with Crippen molar-refractivity contribution >= 4 is 5.78 Å². The molecule has 0 aliphatic carbocycles. The number of Topliss-reactive ketones (excluding diaryl/α,β-unsaturated/α-hetero) is 1. The van der Waals surface area contributed by atoms with Crippen LogP contribution >= 0.6 is 0 Å². The second-order valence-electron chi connectivity index (χ2n) is 5.26. The number of benzene rings is 1. The van der Waals surface area contributed by atoms with Crippen molar-refractivity contribution in [1.82, 2.24) is 4.98 Å². The number of hydrogen-bond donors (Lipinski definition) is 0. The lowest BCUT2D eigenvalue weighted by Gasteiger charge is -2.00. The van der Waals surface area contributed by atoms with Crippen molar-refractivity contribution < 1.29 is 9.21 Å². The average molecular weight is 257 g/mol. The van der Waals surface area contributed by atoms with E-state index in [1.54, 1.807) is 13.2 Å². The molecule has 0 unspecified atom stereocenters. The highest BCUT2D eigenvalue weighted by atomic mass is 16.3. The van der Waals surface area contributed by atoms with Crippen LogP contribution in [0, 0.1) is 5.92 Å². The number of hydrogen-bond acceptors (Lipinski definition) is 3. The van der Waals surface area contributed by atoms with E-state index < -0.39 is 0 Å². The smallest absolute Gasteiger partial charge is 0.198 e.